The maximum absolute atomic E-state index is 5.50. The highest BCUT2D eigenvalue weighted by molar-refractivity contribution is 5.02. The van der Waals surface area contributed by atoms with Crippen molar-refractivity contribution in [3.63, 3.8) is 0 Å². The van der Waals surface area contributed by atoms with Gasteiger partial charge in [0, 0.05) is 12.5 Å². The summed E-state index contributed by atoms with van der Waals surface area (Å²) in [6, 6.07) is 0.700. The normalized spacial score (nSPS) is 41.2. The highest BCUT2D eigenvalue weighted by atomic mass is 14.9. The summed E-state index contributed by atoms with van der Waals surface area (Å²) in [6.45, 7) is 3.43. The Morgan fingerprint density at radius 3 is 2.26 bits per heavy atom. The minimum Gasteiger partial charge on any atom is -0.314 e. The molecule has 4 fully saturated rings. The SMILES string of the molecule is C#CCCC(NCCC)C1C2CC3CC(C2)CC1C3. The van der Waals surface area contributed by atoms with E-state index in [4.69, 9.17) is 6.42 Å². The summed E-state index contributed by atoms with van der Waals surface area (Å²) >= 11 is 0. The molecule has 4 aliphatic rings. The second kappa shape index (κ2) is 5.88. The predicted molar refractivity (Wildman–Crippen MR) is 80.7 cm³/mol. The van der Waals surface area contributed by atoms with Crippen LogP contribution in [0, 0.1) is 41.9 Å². The molecule has 0 radical (unpaired) electrons. The van der Waals surface area contributed by atoms with Gasteiger partial charge < -0.3 is 5.32 Å². The lowest BCUT2D eigenvalue weighted by Crippen LogP contribution is -2.53. The van der Waals surface area contributed by atoms with Crippen LogP contribution in [0.5, 0.6) is 0 Å². The highest BCUT2D eigenvalue weighted by Gasteiger charge is 2.50. The van der Waals surface area contributed by atoms with Crippen molar-refractivity contribution in [3.05, 3.63) is 0 Å². The molecule has 4 bridgehead atoms. The average molecular weight is 259 g/mol. The van der Waals surface area contributed by atoms with Crippen LogP contribution < -0.4 is 5.32 Å². The highest BCUT2D eigenvalue weighted by Crippen LogP contribution is 2.57. The Hall–Kier alpha value is -0.480. The minimum atomic E-state index is 0.700. The van der Waals surface area contributed by atoms with Gasteiger partial charge in [-0.25, -0.2) is 0 Å². The molecule has 4 rings (SSSR count). The Kier molecular flexibility index (Phi) is 4.18. The van der Waals surface area contributed by atoms with Gasteiger partial charge in [0.1, 0.15) is 0 Å². The van der Waals surface area contributed by atoms with Crippen molar-refractivity contribution in [1.82, 2.24) is 5.32 Å². The van der Waals surface area contributed by atoms with E-state index in [0.717, 1.165) is 42.6 Å². The molecule has 0 amide bonds. The molecule has 0 aromatic heterocycles. The summed E-state index contributed by atoms with van der Waals surface area (Å²) in [5, 5.41) is 3.84. The molecule has 0 heterocycles. The molecule has 0 saturated heterocycles. The summed E-state index contributed by atoms with van der Waals surface area (Å²) in [4.78, 5) is 0. The molecule has 19 heavy (non-hydrogen) atoms. The van der Waals surface area contributed by atoms with Crippen LogP contribution in [-0.2, 0) is 0 Å². The zero-order chi connectivity index (χ0) is 13.2. The van der Waals surface area contributed by atoms with E-state index in [-0.39, 0.29) is 0 Å². The fourth-order valence-electron chi connectivity index (χ4n) is 5.62. The summed E-state index contributed by atoms with van der Waals surface area (Å²) < 4.78 is 0. The van der Waals surface area contributed by atoms with E-state index < -0.39 is 0 Å². The van der Waals surface area contributed by atoms with Crippen LogP contribution in [0.25, 0.3) is 0 Å². The molecule has 1 nitrogen and oxygen atoms in total. The number of nitrogens with one attached hydrogen (secondary N) is 1. The van der Waals surface area contributed by atoms with Crippen molar-refractivity contribution in [2.75, 3.05) is 6.54 Å². The molecule has 1 N–H and O–H groups in total. The lowest BCUT2D eigenvalue weighted by atomic mass is 9.50. The van der Waals surface area contributed by atoms with E-state index in [0.29, 0.717) is 6.04 Å². The summed E-state index contributed by atoms with van der Waals surface area (Å²) in [6.07, 6.45) is 16.5. The maximum Gasteiger partial charge on any atom is 0.0110 e. The van der Waals surface area contributed by atoms with Crippen molar-refractivity contribution in [2.45, 2.75) is 64.3 Å². The van der Waals surface area contributed by atoms with Gasteiger partial charge in [0.2, 0.25) is 0 Å². The van der Waals surface area contributed by atoms with E-state index in [1.165, 1.54) is 38.5 Å². The standard InChI is InChI=1S/C18H29N/c1-3-5-6-17(19-7-4-2)18-15-9-13-8-14(11-15)12-16(18)10-13/h1,13-19H,4-12H2,2H3. The van der Waals surface area contributed by atoms with Crippen LogP contribution in [0.1, 0.15) is 58.3 Å². The van der Waals surface area contributed by atoms with Crippen LogP contribution in [0.3, 0.4) is 0 Å². The second-order valence-electron chi connectivity index (χ2n) is 7.31. The first kappa shape index (κ1) is 13.5. The lowest BCUT2D eigenvalue weighted by molar-refractivity contribution is -0.0526. The third kappa shape index (κ3) is 2.70. The molecule has 1 heteroatoms. The molecule has 4 aliphatic carbocycles. The molecule has 1 unspecified atom stereocenters. The van der Waals surface area contributed by atoms with Crippen LogP contribution >= 0.6 is 0 Å². The summed E-state index contributed by atoms with van der Waals surface area (Å²) in [5.41, 5.74) is 0. The quantitative estimate of drug-likeness (QED) is 0.715. The average Bonchev–Trinajstić information content (AvgIpc) is 2.39. The van der Waals surface area contributed by atoms with Crippen molar-refractivity contribution in [3.8, 4) is 12.3 Å². The number of hydrogen-bond donors (Lipinski definition) is 1. The molecule has 0 spiro atoms. The molecule has 4 saturated carbocycles. The van der Waals surface area contributed by atoms with Crippen molar-refractivity contribution in [2.24, 2.45) is 29.6 Å². The first-order valence-electron chi connectivity index (χ1n) is 8.48. The Balaban J connectivity index is 1.68. The van der Waals surface area contributed by atoms with Gasteiger partial charge in [-0.1, -0.05) is 6.92 Å². The Bertz CT molecular complexity index is 312. The predicted octanol–water partition coefficient (Wildman–Crippen LogP) is 3.84. The van der Waals surface area contributed by atoms with E-state index in [9.17, 15) is 0 Å². The number of terminal acetylenes is 1. The lowest BCUT2D eigenvalue weighted by Gasteiger charge is -2.56. The van der Waals surface area contributed by atoms with Crippen LogP contribution in [0.2, 0.25) is 0 Å². The minimum absolute atomic E-state index is 0.700. The first-order chi connectivity index (χ1) is 9.31. The van der Waals surface area contributed by atoms with Crippen LogP contribution in [0.4, 0.5) is 0 Å². The van der Waals surface area contributed by atoms with E-state index in [2.05, 4.69) is 18.2 Å². The number of rotatable bonds is 6. The Morgan fingerprint density at radius 1 is 1.11 bits per heavy atom. The van der Waals surface area contributed by atoms with E-state index in [1.807, 2.05) is 0 Å². The van der Waals surface area contributed by atoms with Gasteiger partial charge in [-0.15, -0.1) is 12.3 Å². The molecule has 106 valence electrons. The van der Waals surface area contributed by atoms with Gasteiger partial charge in [0.25, 0.3) is 0 Å². The zero-order valence-electron chi connectivity index (χ0n) is 12.4. The van der Waals surface area contributed by atoms with Gasteiger partial charge in [0.05, 0.1) is 0 Å². The van der Waals surface area contributed by atoms with Gasteiger partial charge in [-0.2, -0.15) is 0 Å². The number of hydrogen-bond acceptors (Lipinski definition) is 1. The molecule has 1 atom stereocenters. The van der Waals surface area contributed by atoms with Gasteiger partial charge >= 0.3 is 0 Å². The van der Waals surface area contributed by atoms with Crippen molar-refractivity contribution >= 4 is 0 Å². The van der Waals surface area contributed by atoms with E-state index in [1.54, 1.807) is 6.42 Å². The Morgan fingerprint density at radius 2 is 1.74 bits per heavy atom. The van der Waals surface area contributed by atoms with Gasteiger partial charge in [-0.3, -0.25) is 0 Å². The largest absolute Gasteiger partial charge is 0.314 e. The molecular formula is C18H29N. The fraction of sp³-hybridized carbons (Fsp3) is 0.889. The Labute approximate surface area is 118 Å². The summed E-state index contributed by atoms with van der Waals surface area (Å²) in [5.74, 6) is 7.99. The molecule has 0 aromatic rings. The third-order valence-electron chi connectivity index (χ3n) is 6.02. The van der Waals surface area contributed by atoms with Gasteiger partial charge in [-0.05, 0) is 81.1 Å². The van der Waals surface area contributed by atoms with E-state index >= 15 is 0 Å². The molecular weight excluding hydrogens is 230 g/mol. The zero-order valence-corrected chi connectivity index (χ0v) is 12.4. The van der Waals surface area contributed by atoms with Crippen LogP contribution in [0.15, 0.2) is 0 Å². The maximum atomic E-state index is 5.50. The van der Waals surface area contributed by atoms with Crippen molar-refractivity contribution < 1.29 is 0 Å². The monoisotopic (exact) mass is 259 g/mol. The van der Waals surface area contributed by atoms with Crippen LogP contribution in [-0.4, -0.2) is 12.6 Å². The van der Waals surface area contributed by atoms with Gasteiger partial charge in [0.15, 0.2) is 0 Å². The fourth-order valence-corrected chi connectivity index (χ4v) is 5.62. The topological polar surface area (TPSA) is 12.0 Å². The second-order valence-corrected chi connectivity index (χ2v) is 7.31. The third-order valence-corrected chi connectivity index (χ3v) is 6.02. The summed E-state index contributed by atoms with van der Waals surface area (Å²) in [7, 11) is 0. The van der Waals surface area contributed by atoms with Crippen molar-refractivity contribution in [1.29, 1.82) is 0 Å². The molecule has 0 aromatic carbocycles. The molecule has 0 aliphatic heterocycles. The smallest absolute Gasteiger partial charge is 0.0110 e. The first-order valence-corrected chi connectivity index (χ1v) is 8.48.